The molecule has 3 aromatic rings. The van der Waals surface area contributed by atoms with E-state index in [0.717, 1.165) is 11.3 Å². The molecule has 3 rings (SSSR count). The van der Waals surface area contributed by atoms with E-state index in [1.54, 1.807) is 11.2 Å². The molecule has 0 unspecified atom stereocenters. The molecule has 0 spiro atoms. The van der Waals surface area contributed by atoms with Gasteiger partial charge in [0.15, 0.2) is 0 Å². The molecule has 0 bridgehead atoms. The van der Waals surface area contributed by atoms with E-state index in [0.29, 0.717) is 23.7 Å². The van der Waals surface area contributed by atoms with Gasteiger partial charge in [-0.1, -0.05) is 41.9 Å². The maximum absolute atomic E-state index is 12.8. The first-order valence-corrected chi connectivity index (χ1v) is 7.71. The minimum atomic E-state index is -0.0306. The first kappa shape index (κ1) is 15.4. The summed E-state index contributed by atoms with van der Waals surface area (Å²) < 4.78 is 5.39. The number of hydrogen-bond donors (Lipinski definition) is 0. The number of hydrogen-bond acceptors (Lipinski definition) is 2. The van der Waals surface area contributed by atoms with Crippen LogP contribution in [-0.4, -0.2) is 10.8 Å². The van der Waals surface area contributed by atoms with Crippen LogP contribution >= 0.6 is 11.6 Å². The minimum absolute atomic E-state index is 0.0306. The van der Waals surface area contributed by atoms with E-state index in [2.05, 4.69) is 0 Å². The van der Waals surface area contributed by atoms with Gasteiger partial charge in [-0.2, -0.15) is 0 Å². The predicted molar refractivity (Wildman–Crippen MR) is 90.2 cm³/mol. The van der Waals surface area contributed by atoms with Gasteiger partial charge in [-0.25, -0.2) is 0 Å². The lowest BCUT2D eigenvalue weighted by Crippen LogP contribution is -2.29. The summed E-state index contributed by atoms with van der Waals surface area (Å²) in [6.45, 7) is 0.912. The van der Waals surface area contributed by atoms with Crippen LogP contribution in [0, 0.1) is 0 Å². The lowest BCUT2D eigenvalue weighted by atomic mass is 10.1. The van der Waals surface area contributed by atoms with Crippen molar-refractivity contribution in [1.29, 1.82) is 0 Å². The molecule has 0 saturated carbocycles. The molecule has 23 heavy (non-hydrogen) atoms. The fourth-order valence-electron chi connectivity index (χ4n) is 2.36. The van der Waals surface area contributed by atoms with E-state index in [-0.39, 0.29) is 5.91 Å². The Balaban J connectivity index is 1.83. The molecule has 116 valence electrons. The second-order valence-electron chi connectivity index (χ2n) is 5.23. The zero-order chi connectivity index (χ0) is 16.1. The van der Waals surface area contributed by atoms with Gasteiger partial charge in [0, 0.05) is 17.1 Å². The number of rotatable bonds is 5. The Bertz CT molecular complexity index is 752. The first-order valence-electron chi connectivity index (χ1n) is 7.33. The Labute approximate surface area is 140 Å². The maximum atomic E-state index is 12.8. The van der Waals surface area contributed by atoms with Crippen molar-refractivity contribution in [3.05, 3.63) is 94.9 Å². The van der Waals surface area contributed by atoms with E-state index >= 15 is 0 Å². The molecule has 0 aliphatic carbocycles. The molecular weight excluding hydrogens is 310 g/mol. The summed E-state index contributed by atoms with van der Waals surface area (Å²) in [6.07, 6.45) is 1.61. The third-order valence-electron chi connectivity index (χ3n) is 3.52. The van der Waals surface area contributed by atoms with Crippen LogP contribution < -0.4 is 0 Å². The summed E-state index contributed by atoms with van der Waals surface area (Å²) in [7, 11) is 0. The van der Waals surface area contributed by atoms with E-state index in [1.807, 2.05) is 66.7 Å². The van der Waals surface area contributed by atoms with Crippen molar-refractivity contribution in [1.82, 2.24) is 4.90 Å². The summed E-state index contributed by atoms with van der Waals surface area (Å²) in [5.74, 6) is 0.722. The number of carbonyl (C=O) groups is 1. The van der Waals surface area contributed by atoms with Crippen LogP contribution in [0.3, 0.4) is 0 Å². The van der Waals surface area contributed by atoms with Gasteiger partial charge in [0.05, 0.1) is 12.8 Å². The number of nitrogens with zero attached hydrogens (tertiary/aromatic N) is 1. The predicted octanol–water partition coefficient (Wildman–Crippen LogP) is 4.78. The molecule has 0 aliphatic rings. The van der Waals surface area contributed by atoms with Gasteiger partial charge in [0.25, 0.3) is 5.91 Å². The van der Waals surface area contributed by atoms with Crippen LogP contribution in [-0.2, 0) is 13.1 Å². The third kappa shape index (κ3) is 4.02. The van der Waals surface area contributed by atoms with Gasteiger partial charge in [-0.05, 0) is 42.0 Å². The Hall–Kier alpha value is -2.52. The number of benzene rings is 2. The van der Waals surface area contributed by atoms with Gasteiger partial charge in [-0.3, -0.25) is 4.79 Å². The van der Waals surface area contributed by atoms with Crippen molar-refractivity contribution >= 4 is 17.5 Å². The quantitative estimate of drug-likeness (QED) is 0.676. The maximum Gasteiger partial charge on any atom is 0.254 e. The molecule has 0 saturated heterocycles. The second-order valence-corrected chi connectivity index (χ2v) is 5.67. The largest absolute Gasteiger partial charge is 0.467 e. The zero-order valence-electron chi connectivity index (χ0n) is 12.5. The molecule has 4 heteroatoms. The monoisotopic (exact) mass is 325 g/mol. The van der Waals surface area contributed by atoms with Crippen LogP contribution in [0.4, 0.5) is 0 Å². The van der Waals surface area contributed by atoms with E-state index in [4.69, 9.17) is 16.0 Å². The minimum Gasteiger partial charge on any atom is -0.467 e. The number of carbonyl (C=O) groups excluding carboxylic acids is 1. The van der Waals surface area contributed by atoms with Crippen LogP contribution in [0.5, 0.6) is 0 Å². The van der Waals surface area contributed by atoms with Crippen LogP contribution in [0.1, 0.15) is 21.7 Å². The second kappa shape index (κ2) is 7.16. The van der Waals surface area contributed by atoms with Crippen molar-refractivity contribution in [2.45, 2.75) is 13.1 Å². The lowest BCUT2D eigenvalue weighted by Gasteiger charge is -2.22. The Morgan fingerprint density at radius 2 is 1.65 bits per heavy atom. The highest BCUT2D eigenvalue weighted by atomic mass is 35.5. The zero-order valence-corrected chi connectivity index (χ0v) is 13.2. The summed E-state index contributed by atoms with van der Waals surface area (Å²) in [5, 5.41) is 0.681. The smallest absolute Gasteiger partial charge is 0.254 e. The Kier molecular flexibility index (Phi) is 4.79. The van der Waals surface area contributed by atoms with Gasteiger partial charge in [0.1, 0.15) is 5.76 Å². The van der Waals surface area contributed by atoms with Crippen molar-refractivity contribution in [3.63, 3.8) is 0 Å². The summed E-state index contributed by atoms with van der Waals surface area (Å²) in [4.78, 5) is 14.6. The van der Waals surface area contributed by atoms with E-state index in [1.165, 1.54) is 0 Å². The van der Waals surface area contributed by atoms with Crippen molar-refractivity contribution in [2.24, 2.45) is 0 Å². The topological polar surface area (TPSA) is 33.5 Å². The Morgan fingerprint density at radius 3 is 2.30 bits per heavy atom. The normalized spacial score (nSPS) is 10.5. The fourth-order valence-corrected chi connectivity index (χ4v) is 2.49. The Morgan fingerprint density at radius 1 is 0.913 bits per heavy atom. The molecule has 0 fully saturated rings. The van der Waals surface area contributed by atoms with E-state index in [9.17, 15) is 4.79 Å². The summed E-state index contributed by atoms with van der Waals surface area (Å²) >= 11 is 5.93. The molecule has 0 radical (unpaired) electrons. The lowest BCUT2D eigenvalue weighted by molar-refractivity contribution is 0.0717. The SMILES string of the molecule is O=C(c1ccccc1)N(Cc1ccc(Cl)cc1)Cc1ccco1. The molecule has 1 aromatic heterocycles. The van der Waals surface area contributed by atoms with Crippen LogP contribution in [0.25, 0.3) is 0 Å². The molecule has 0 aliphatic heterocycles. The molecule has 0 atom stereocenters. The third-order valence-corrected chi connectivity index (χ3v) is 3.77. The summed E-state index contributed by atoms with van der Waals surface area (Å²) in [6, 6.07) is 20.5. The molecular formula is C19H16ClNO2. The van der Waals surface area contributed by atoms with Crippen molar-refractivity contribution < 1.29 is 9.21 Å². The van der Waals surface area contributed by atoms with Gasteiger partial charge in [0.2, 0.25) is 0 Å². The first-order chi connectivity index (χ1) is 11.2. The highest BCUT2D eigenvalue weighted by molar-refractivity contribution is 6.30. The molecule has 1 heterocycles. The number of furan rings is 1. The fraction of sp³-hybridized carbons (Fsp3) is 0.105. The molecule has 3 nitrogen and oxygen atoms in total. The van der Waals surface area contributed by atoms with Crippen molar-refractivity contribution in [3.8, 4) is 0 Å². The average molecular weight is 326 g/mol. The van der Waals surface area contributed by atoms with Gasteiger partial charge in [-0.15, -0.1) is 0 Å². The molecule has 1 amide bonds. The number of amides is 1. The van der Waals surface area contributed by atoms with Crippen molar-refractivity contribution in [2.75, 3.05) is 0 Å². The molecule has 2 aromatic carbocycles. The van der Waals surface area contributed by atoms with E-state index < -0.39 is 0 Å². The van der Waals surface area contributed by atoms with Gasteiger partial charge < -0.3 is 9.32 Å². The number of halogens is 1. The molecule has 0 N–H and O–H groups in total. The summed E-state index contributed by atoms with van der Waals surface area (Å²) in [5.41, 5.74) is 1.68. The highest BCUT2D eigenvalue weighted by Crippen LogP contribution is 2.16. The van der Waals surface area contributed by atoms with Crippen LogP contribution in [0.2, 0.25) is 5.02 Å². The average Bonchev–Trinajstić information content (AvgIpc) is 3.09. The highest BCUT2D eigenvalue weighted by Gasteiger charge is 2.17. The van der Waals surface area contributed by atoms with Gasteiger partial charge >= 0.3 is 0 Å². The standard InChI is InChI=1S/C19H16ClNO2/c20-17-10-8-15(9-11-17)13-21(14-18-7-4-12-23-18)19(22)16-5-2-1-3-6-16/h1-12H,13-14H2. The van der Waals surface area contributed by atoms with Crippen LogP contribution in [0.15, 0.2) is 77.4 Å².